The van der Waals surface area contributed by atoms with Gasteiger partial charge in [0.1, 0.15) is 0 Å². The molecule has 1 N–H and O–H groups in total. The molecule has 0 aliphatic carbocycles. The predicted molar refractivity (Wildman–Crippen MR) is 121 cm³/mol. The van der Waals surface area contributed by atoms with E-state index in [9.17, 15) is 13.2 Å². The van der Waals surface area contributed by atoms with E-state index in [4.69, 9.17) is 0 Å². The summed E-state index contributed by atoms with van der Waals surface area (Å²) in [6, 6.07) is 13.8. The maximum atomic E-state index is 13.0. The molecule has 0 spiro atoms. The number of hydrogen-bond acceptors (Lipinski definition) is 4. The van der Waals surface area contributed by atoms with Crippen LogP contribution in [-0.2, 0) is 29.4 Å². The number of para-hydroxylation sites is 1. The molecular formula is C23H31N3O3S. The molecule has 2 aromatic carbocycles. The van der Waals surface area contributed by atoms with Gasteiger partial charge in [-0.3, -0.25) is 9.69 Å². The van der Waals surface area contributed by atoms with Crippen LogP contribution >= 0.6 is 0 Å². The van der Waals surface area contributed by atoms with E-state index in [2.05, 4.69) is 36.2 Å². The van der Waals surface area contributed by atoms with Gasteiger partial charge in [-0.15, -0.1) is 0 Å². The third kappa shape index (κ3) is 5.47. The minimum Gasteiger partial charge on any atom is -0.321 e. The molecule has 0 saturated carbocycles. The van der Waals surface area contributed by atoms with Crippen molar-refractivity contribution >= 4 is 21.6 Å². The molecule has 0 unspecified atom stereocenters. The van der Waals surface area contributed by atoms with Gasteiger partial charge < -0.3 is 5.32 Å². The van der Waals surface area contributed by atoms with Crippen LogP contribution in [0.5, 0.6) is 0 Å². The highest BCUT2D eigenvalue weighted by Gasteiger charge is 2.23. The van der Waals surface area contributed by atoms with E-state index in [1.54, 1.807) is 0 Å². The van der Waals surface area contributed by atoms with Crippen LogP contribution in [0.25, 0.3) is 0 Å². The Labute approximate surface area is 179 Å². The molecule has 1 saturated heterocycles. The van der Waals surface area contributed by atoms with Crippen LogP contribution in [0.2, 0.25) is 0 Å². The van der Waals surface area contributed by atoms with Crippen molar-refractivity contribution in [2.75, 3.05) is 37.8 Å². The van der Waals surface area contributed by atoms with Crippen molar-refractivity contribution in [2.45, 2.75) is 33.2 Å². The average molecular weight is 430 g/mol. The first-order chi connectivity index (χ1) is 14.3. The molecule has 3 rings (SSSR count). The maximum absolute atomic E-state index is 13.0. The lowest BCUT2D eigenvalue weighted by Gasteiger charge is -2.33. The number of carbonyl (C=O) groups is 1. The molecule has 0 radical (unpaired) electrons. The Morgan fingerprint density at radius 2 is 1.57 bits per heavy atom. The van der Waals surface area contributed by atoms with E-state index in [1.165, 1.54) is 10.6 Å². The van der Waals surface area contributed by atoms with Crippen molar-refractivity contribution in [3.8, 4) is 0 Å². The number of benzene rings is 2. The summed E-state index contributed by atoms with van der Waals surface area (Å²) in [5.41, 5.74) is 4.89. The number of anilines is 1. The summed E-state index contributed by atoms with van der Waals surface area (Å²) in [4.78, 5) is 15.2. The number of nitrogens with zero attached hydrogens (tertiary/aromatic N) is 2. The lowest BCUT2D eigenvalue weighted by atomic mass is 10.0. The van der Waals surface area contributed by atoms with Crippen LogP contribution in [-0.4, -0.2) is 56.0 Å². The first kappa shape index (κ1) is 22.5. The highest BCUT2D eigenvalue weighted by Crippen LogP contribution is 2.23. The summed E-state index contributed by atoms with van der Waals surface area (Å²) >= 11 is 0. The van der Waals surface area contributed by atoms with E-state index in [0.717, 1.165) is 35.2 Å². The molecule has 7 heteroatoms. The van der Waals surface area contributed by atoms with Crippen molar-refractivity contribution in [1.29, 1.82) is 0 Å². The zero-order chi connectivity index (χ0) is 21.7. The van der Waals surface area contributed by atoms with Gasteiger partial charge in [-0.1, -0.05) is 44.2 Å². The van der Waals surface area contributed by atoms with Crippen molar-refractivity contribution < 1.29 is 13.2 Å². The van der Waals surface area contributed by atoms with E-state index < -0.39 is 10.0 Å². The van der Waals surface area contributed by atoms with Crippen molar-refractivity contribution in [1.82, 2.24) is 9.21 Å². The largest absolute Gasteiger partial charge is 0.321 e. The Morgan fingerprint density at radius 1 is 0.967 bits per heavy atom. The molecule has 1 amide bonds. The maximum Gasteiger partial charge on any atom is 0.255 e. The summed E-state index contributed by atoms with van der Waals surface area (Å²) in [6.45, 7) is 7.27. The Kier molecular flexibility index (Phi) is 7.28. The zero-order valence-corrected chi connectivity index (χ0v) is 18.8. The lowest BCUT2D eigenvalue weighted by molar-refractivity contribution is 0.102. The van der Waals surface area contributed by atoms with Crippen LogP contribution in [0.4, 0.5) is 5.69 Å². The Hall–Kier alpha value is -2.22. The summed E-state index contributed by atoms with van der Waals surface area (Å²) in [5, 5.41) is 3.12. The highest BCUT2D eigenvalue weighted by atomic mass is 32.2. The topological polar surface area (TPSA) is 69.7 Å². The smallest absolute Gasteiger partial charge is 0.255 e. The van der Waals surface area contributed by atoms with Crippen LogP contribution in [0, 0.1) is 0 Å². The molecule has 0 aromatic heterocycles. The van der Waals surface area contributed by atoms with Gasteiger partial charge in [0.05, 0.1) is 6.26 Å². The molecule has 1 aliphatic heterocycles. The molecule has 1 heterocycles. The third-order valence-electron chi connectivity index (χ3n) is 5.63. The van der Waals surface area contributed by atoms with Gasteiger partial charge in [0.2, 0.25) is 10.0 Å². The fraction of sp³-hybridized carbons (Fsp3) is 0.435. The first-order valence-corrected chi connectivity index (χ1v) is 12.3. The van der Waals surface area contributed by atoms with Crippen molar-refractivity contribution in [2.24, 2.45) is 0 Å². The second-order valence-corrected chi connectivity index (χ2v) is 9.73. The van der Waals surface area contributed by atoms with E-state index in [0.29, 0.717) is 38.3 Å². The molecule has 2 aromatic rings. The average Bonchev–Trinajstić information content (AvgIpc) is 2.73. The normalized spacial score (nSPS) is 15.8. The number of nitrogens with one attached hydrogen (secondary N) is 1. The van der Waals surface area contributed by atoms with Gasteiger partial charge in [0.25, 0.3) is 5.91 Å². The highest BCUT2D eigenvalue weighted by molar-refractivity contribution is 7.88. The van der Waals surface area contributed by atoms with Gasteiger partial charge in [0.15, 0.2) is 0 Å². The Morgan fingerprint density at radius 3 is 2.13 bits per heavy atom. The van der Waals surface area contributed by atoms with Gasteiger partial charge in [-0.2, -0.15) is 4.31 Å². The fourth-order valence-corrected chi connectivity index (χ4v) is 4.70. The summed E-state index contributed by atoms with van der Waals surface area (Å²) in [5.74, 6) is -0.102. The number of carbonyl (C=O) groups excluding carboxylic acids is 1. The minimum atomic E-state index is -3.13. The van der Waals surface area contributed by atoms with Crippen molar-refractivity contribution in [3.05, 3.63) is 64.7 Å². The van der Waals surface area contributed by atoms with Crippen LogP contribution in [0.1, 0.15) is 40.9 Å². The zero-order valence-electron chi connectivity index (χ0n) is 18.0. The fourth-order valence-electron chi connectivity index (χ4n) is 3.88. The van der Waals surface area contributed by atoms with E-state index in [1.807, 2.05) is 30.3 Å². The molecule has 1 fully saturated rings. The van der Waals surface area contributed by atoms with Crippen LogP contribution in [0.3, 0.4) is 0 Å². The molecular weight excluding hydrogens is 398 g/mol. The number of rotatable bonds is 7. The van der Waals surface area contributed by atoms with Crippen molar-refractivity contribution in [3.63, 3.8) is 0 Å². The first-order valence-electron chi connectivity index (χ1n) is 10.5. The molecule has 1 aliphatic rings. The van der Waals surface area contributed by atoms with E-state index in [-0.39, 0.29) is 5.91 Å². The summed E-state index contributed by atoms with van der Waals surface area (Å²) in [7, 11) is -3.13. The van der Waals surface area contributed by atoms with Gasteiger partial charge in [0, 0.05) is 44.0 Å². The molecule has 30 heavy (non-hydrogen) atoms. The third-order valence-corrected chi connectivity index (χ3v) is 6.94. The summed E-state index contributed by atoms with van der Waals surface area (Å²) in [6.07, 6.45) is 2.98. The van der Waals surface area contributed by atoms with Gasteiger partial charge in [-0.25, -0.2) is 8.42 Å². The lowest BCUT2D eigenvalue weighted by Crippen LogP contribution is -2.47. The van der Waals surface area contributed by atoms with Gasteiger partial charge >= 0.3 is 0 Å². The second-order valence-electron chi connectivity index (χ2n) is 7.75. The molecule has 6 nitrogen and oxygen atoms in total. The number of amides is 1. The van der Waals surface area contributed by atoms with Gasteiger partial charge in [-0.05, 0) is 41.7 Å². The molecule has 0 bridgehead atoms. The SMILES string of the molecule is CCc1cccc(CC)c1NC(=O)c1cccc(CN2CCN(S(C)(=O)=O)CC2)c1. The Bertz CT molecular complexity index is 974. The number of hydrogen-bond donors (Lipinski definition) is 1. The minimum absolute atomic E-state index is 0.102. The number of sulfonamides is 1. The molecule has 0 atom stereocenters. The van der Waals surface area contributed by atoms with Crippen LogP contribution in [0.15, 0.2) is 42.5 Å². The number of aryl methyl sites for hydroxylation is 2. The van der Waals surface area contributed by atoms with E-state index >= 15 is 0 Å². The van der Waals surface area contributed by atoms with Crippen LogP contribution < -0.4 is 5.32 Å². The predicted octanol–water partition coefficient (Wildman–Crippen LogP) is 3.14. The Balaban J connectivity index is 1.68. The second kappa shape index (κ2) is 9.73. The molecule has 162 valence electrons. The quantitative estimate of drug-likeness (QED) is 0.734. The summed E-state index contributed by atoms with van der Waals surface area (Å²) < 4.78 is 24.9. The monoisotopic (exact) mass is 429 g/mol. The number of piperazine rings is 1. The standard InChI is InChI=1S/C23H31N3O3S/c1-4-19-9-7-10-20(5-2)22(19)24-23(27)21-11-6-8-18(16-21)17-25-12-14-26(15-13-25)30(3,28)29/h6-11,16H,4-5,12-15,17H2,1-3H3,(H,24,27).